The van der Waals surface area contributed by atoms with Crippen molar-refractivity contribution in [2.75, 3.05) is 54.7 Å². The molecule has 2 unspecified atom stereocenters. The minimum absolute atomic E-state index is 0.0508. The quantitative estimate of drug-likeness (QED) is 0.0959. The number of nitrogens with zero attached hydrogens (tertiary/aromatic N) is 9. The summed E-state index contributed by atoms with van der Waals surface area (Å²) < 4.78 is 7.38. The first kappa shape index (κ1) is 45.1. The summed E-state index contributed by atoms with van der Waals surface area (Å²) in [6.07, 6.45) is 8.85. The Labute approximate surface area is 377 Å². The first-order valence-corrected chi connectivity index (χ1v) is 22.3. The number of aliphatic hydroxyl groups excluding tert-OH is 1. The molecule has 5 amide bonds. The number of aromatic nitrogens is 5. The van der Waals surface area contributed by atoms with Gasteiger partial charge in [0.15, 0.2) is 5.82 Å². The fraction of sp³-hybridized carbons (Fsp3) is 0.489. The highest BCUT2D eigenvalue weighted by atomic mass is 16.5. The van der Waals surface area contributed by atoms with Gasteiger partial charge in [-0.1, -0.05) is 37.1 Å². The third-order valence-corrected chi connectivity index (χ3v) is 12.8. The van der Waals surface area contributed by atoms with Crippen molar-refractivity contribution in [3.63, 3.8) is 0 Å². The number of likely N-dealkylation sites (N-methyl/N-ethyl adjacent to an activating group) is 2. The van der Waals surface area contributed by atoms with Gasteiger partial charge in [-0.2, -0.15) is 4.98 Å². The summed E-state index contributed by atoms with van der Waals surface area (Å²) >= 11 is 0. The Kier molecular flexibility index (Phi) is 13.7. The number of imide groups is 1. The van der Waals surface area contributed by atoms with Gasteiger partial charge in [0.1, 0.15) is 29.4 Å². The van der Waals surface area contributed by atoms with Gasteiger partial charge in [-0.25, -0.2) is 4.98 Å². The lowest BCUT2D eigenvalue weighted by molar-refractivity contribution is -0.141. The van der Waals surface area contributed by atoms with Crippen LogP contribution in [0.4, 0.5) is 28.8 Å². The number of rotatable bonds is 17. The Bertz CT molecular complexity index is 2440. The first-order chi connectivity index (χ1) is 31.4. The van der Waals surface area contributed by atoms with Gasteiger partial charge in [0.25, 0.3) is 5.91 Å². The van der Waals surface area contributed by atoms with E-state index in [1.165, 1.54) is 7.11 Å². The summed E-state index contributed by atoms with van der Waals surface area (Å²) in [5.41, 5.74) is 4.24. The third-order valence-electron chi connectivity index (χ3n) is 12.8. The Morgan fingerprint density at radius 1 is 1.06 bits per heavy atom. The van der Waals surface area contributed by atoms with Crippen molar-refractivity contribution in [3.8, 4) is 5.75 Å². The monoisotopic (exact) mass is 891 g/mol. The maximum atomic E-state index is 13.3. The van der Waals surface area contributed by atoms with E-state index in [1.807, 2.05) is 14.0 Å². The molecular weight excluding hydrogens is 835 g/mol. The molecule has 4 aromatic rings. The van der Waals surface area contributed by atoms with Crippen molar-refractivity contribution in [1.29, 1.82) is 0 Å². The molecular formula is C45H57N13O7. The summed E-state index contributed by atoms with van der Waals surface area (Å²) in [5, 5.41) is 30.9. The van der Waals surface area contributed by atoms with Gasteiger partial charge < -0.3 is 40.5 Å². The summed E-state index contributed by atoms with van der Waals surface area (Å²) in [6, 6.07) is 9.75. The number of aliphatic hydroxyl groups is 1. The molecule has 20 nitrogen and oxygen atoms in total. The van der Waals surface area contributed by atoms with Crippen molar-refractivity contribution in [3.05, 3.63) is 71.2 Å². The van der Waals surface area contributed by atoms with Crippen LogP contribution in [0.15, 0.2) is 48.8 Å². The second-order valence-electron chi connectivity index (χ2n) is 17.1. The second-order valence-corrected chi connectivity index (χ2v) is 17.1. The number of hydrogen-bond acceptors (Lipinski definition) is 15. The Hall–Kier alpha value is -6.51. The molecule has 4 aliphatic rings. The molecule has 3 atom stereocenters. The van der Waals surface area contributed by atoms with Gasteiger partial charge in [-0.15, -0.1) is 5.10 Å². The number of carbonyl (C=O) groups is 5. The van der Waals surface area contributed by atoms with Crippen molar-refractivity contribution in [1.82, 2.24) is 45.4 Å². The van der Waals surface area contributed by atoms with Gasteiger partial charge in [0.2, 0.25) is 29.6 Å². The average Bonchev–Trinajstić information content (AvgIpc) is 4.08. The number of hydrogen-bond donors (Lipinski definition) is 5. The lowest BCUT2D eigenvalue weighted by atomic mass is 10.0. The van der Waals surface area contributed by atoms with E-state index in [-0.39, 0.29) is 61.6 Å². The molecule has 65 heavy (non-hydrogen) atoms. The Morgan fingerprint density at radius 3 is 2.65 bits per heavy atom. The topological polar surface area (TPSA) is 232 Å². The van der Waals surface area contributed by atoms with Crippen molar-refractivity contribution in [2.24, 2.45) is 0 Å². The van der Waals surface area contributed by atoms with Gasteiger partial charge in [0.05, 0.1) is 44.3 Å². The molecule has 0 spiro atoms. The van der Waals surface area contributed by atoms with Crippen LogP contribution < -0.4 is 35.8 Å². The number of anilines is 5. The molecule has 2 aromatic carbocycles. The maximum absolute atomic E-state index is 13.3. The van der Waals surface area contributed by atoms with E-state index in [1.54, 1.807) is 70.3 Å². The fourth-order valence-corrected chi connectivity index (χ4v) is 9.28. The molecule has 20 heteroatoms. The van der Waals surface area contributed by atoms with E-state index < -0.39 is 18.2 Å². The Balaban J connectivity index is 0.783. The minimum atomic E-state index is -1.01. The zero-order valence-corrected chi connectivity index (χ0v) is 37.2. The standard InChI is InChI=1S/C45H57N13O7/c1-5-34-44(64)55(3)36-24-47-45(51-40(36)58(34)29-10-6-7-11-29)49-33-16-15-27(22-37(33)65-4)41(61)46-23-28-25-56(53-52-28)21-20-54(2)19-9-14-38(59)48-32-13-8-12-30-31(32)26-57(43(30)63)35-17-18-39(60)50-42(35)62/h8,12-13,15-16,22,24-25,29,34-35,43,63H,5-7,9-11,14,17-21,23,26H2,1-4H3,(H,46,61)(H,48,59)(H,47,49,51)(H,50,60,62)/t34-,35?,43?/m1/s1. The molecule has 2 aromatic heterocycles. The lowest BCUT2D eigenvalue weighted by Gasteiger charge is -2.43. The van der Waals surface area contributed by atoms with E-state index in [2.05, 4.69) is 46.4 Å². The third kappa shape index (κ3) is 9.79. The van der Waals surface area contributed by atoms with E-state index in [0.29, 0.717) is 84.5 Å². The van der Waals surface area contributed by atoms with Crippen LogP contribution >= 0.6 is 0 Å². The normalized spacial score (nSPS) is 19.9. The zero-order chi connectivity index (χ0) is 45.8. The van der Waals surface area contributed by atoms with Crippen LogP contribution in [0.25, 0.3) is 0 Å². The smallest absolute Gasteiger partial charge is 0.251 e. The average molecular weight is 892 g/mol. The number of piperidine rings is 1. The van der Waals surface area contributed by atoms with E-state index in [0.717, 1.165) is 37.1 Å². The molecule has 0 bridgehead atoms. The maximum Gasteiger partial charge on any atom is 0.251 e. The molecule has 5 N–H and O–H groups in total. The molecule has 2 fully saturated rings. The van der Waals surface area contributed by atoms with Gasteiger partial charge in [0, 0.05) is 55.8 Å². The molecule has 8 rings (SSSR count). The SMILES string of the molecule is CC[C@@H]1C(=O)N(C)c2cnc(Nc3ccc(C(=O)NCc4cn(CCN(C)CCCC(=O)Nc5cccc6c5CN(C5CCC(=O)NC5=O)C6O)nn4)cc3OC)nc2N1C1CCCC1. The van der Waals surface area contributed by atoms with Crippen LogP contribution in [0.2, 0.25) is 0 Å². The minimum Gasteiger partial charge on any atom is -0.495 e. The van der Waals surface area contributed by atoms with E-state index >= 15 is 0 Å². The van der Waals surface area contributed by atoms with Crippen LogP contribution in [0.3, 0.4) is 0 Å². The second kappa shape index (κ2) is 19.7. The van der Waals surface area contributed by atoms with E-state index in [4.69, 9.17) is 9.72 Å². The first-order valence-electron chi connectivity index (χ1n) is 22.3. The predicted molar refractivity (Wildman–Crippen MR) is 240 cm³/mol. The van der Waals surface area contributed by atoms with Crippen LogP contribution in [-0.4, -0.2) is 122 Å². The highest BCUT2D eigenvalue weighted by molar-refractivity contribution is 6.04. The molecule has 1 saturated heterocycles. The van der Waals surface area contributed by atoms with Crippen molar-refractivity contribution >= 4 is 58.4 Å². The van der Waals surface area contributed by atoms with Crippen LogP contribution in [0.1, 0.15) is 98.1 Å². The van der Waals surface area contributed by atoms with Crippen LogP contribution in [0, 0.1) is 0 Å². The molecule has 1 saturated carbocycles. The molecule has 344 valence electrons. The lowest BCUT2D eigenvalue weighted by Crippen LogP contribution is -2.55. The zero-order valence-electron chi connectivity index (χ0n) is 37.2. The molecule has 3 aliphatic heterocycles. The molecule has 1 aliphatic carbocycles. The molecule has 0 radical (unpaired) electrons. The number of nitrogens with one attached hydrogen (secondary N) is 4. The van der Waals surface area contributed by atoms with Gasteiger partial charge >= 0.3 is 0 Å². The van der Waals surface area contributed by atoms with Crippen LogP contribution in [0.5, 0.6) is 5.75 Å². The number of methoxy groups -OCH3 is 1. The highest BCUT2D eigenvalue weighted by Gasteiger charge is 2.42. The number of ether oxygens (including phenoxy) is 1. The van der Waals surface area contributed by atoms with Gasteiger partial charge in [-0.05, 0) is 75.5 Å². The number of carbonyl (C=O) groups excluding carboxylic acids is 5. The molecule has 5 heterocycles. The van der Waals surface area contributed by atoms with Crippen molar-refractivity contribution in [2.45, 2.75) is 109 Å². The number of amides is 5. The Morgan fingerprint density at radius 2 is 1.88 bits per heavy atom. The van der Waals surface area contributed by atoms with E-state index in [9.17, 15) is 29.1 Å². The summed E-state index contributed by atoms with van der Waals surface area (Å²) in [7, 11) is 5.27. The largest absolute Gasteiger partial charge is 0.495 e. The fourth-order valence-electron chi connectivity index (χ4n) is 9.28. The summed E-state index contributed by atoms with van der Waals surface area (Å²) in [5.74, 6) is 0.371. The number of benzene rings is 2. The predicted octanol–water partition coefficient (Wildman–Crippen LogP) is 3.22. The number of fused-ring (bicyclic) bond motifs is 2. The summed E-state index contributed by atoms with van der Waals surface area (Å²) in [6.45, 7) is 4.34. The highest BCUT2D eigenvalue weighted by Crippen LogP contribution is 2.41. The van der Waals surface area contributed by atoms with Gasteiger partial charge in [-0.3, -0.25) is 38.9 Å². The van der Waals surface area contributed by atoms with Crippen LogP contribution in [-0.2, 0) is 38.8 Å². The summed E-state index contributed by atoms with van der Waals surface area (Å²) in [4.78, 5) is 80.7. The van der Waals surface area contributed by atoms with Crippen molar-refractivity contribution < 1.29 is 33.8 Å².